The summed E-state index contributed by atoms with van der Waals surface area (Å²) in [7, 11) is 0. The fourth-order valence-electron chi connectivity index (χ4n) is 4.85. The molecule has 196 valence electrons. The molecule has 3 aromatic rings. The first-order chi connectivity index (χ1) is 17.8. The van der Waals surface area contributed by atoms with Crippen LogP contribution >= 0.6 is 0 Å². The lowest BCUT2D eigenvalue weighted by atomic mass is 9.96. The van der Waals surface area contributed by atoms with E-state index in [1.807, 2.05) is 0 Å². The highest BCUT2D eigenvalue weighted by atomic mass is 19.4. The van der Waals surface area contributed by atoms with Gasteiger partial charge in [0.1, 0.15) is 5.82 Å². The van der Waals surface area contributed by atoms with Gasteiger partial charge in [-0.3, -0.25) is 4.79 Å². The van der Waals surface area contributed by atoms with Crippen molar-refractivity contribution in [1.29, 1.82) is 0 Å². The van der Waals surface area contributed by atoms with Gasteiger partial charge in [-0.2, -0.15) is 13.2 Å². The van der Waals surface area contributed by atoms with Crippen LogP contribution in [-0.2, 0) is 10.9 Å². The zero-order valence-electron chi connectivity index (χ0n) is 19.9. The minimum Gasteiger partial charge on any atom is -0.381 e. The van der Waals surface area contributed by atoms with Crippen LogP contribution in [0.25, 0.3) is 10.9 Å². The molecular weight excluding hydrogens is 490 g/mol. The summed E-state index contributed by atoms with van der Waals surface area (Å²) in [6.07, 6.45) is 0.131. The molecule has 3 heterocycles. The SMILES string of the molecule is O=C(N[C@H](c1ccc(C(F)(F)F)c(F)c1)[C@@H]1CCCN1)c1ccc2cnc(NC3CCOCC3)nc2c1. The molecule has 0 aliphatic carbocycles. The highest BCUT2D eigenvalue weighted by Crippen LogP contribution is 2.33. The van der Waals surface area contributed by atoms with Crippen LogP contribution in [0.4, 0.5) is 23.5 Å². The number of alkyl halides is 3. The first kappa shape index (κ1) is 25.3. The maximum atomic E-state index is 14.4. The van der Waals surface area contributed by atoms with Crippen molar-refractivity contribution in [1.82, 2.24) is 20.6 Å². The Bertz CT molecular complexity index is 1270. The zero-order chi connectivity index (χ0) is 26.0. The summed E-state index contributed by atoms with van der Waals surface area (Å²) < 4.78 is 58.9. The molecule has 0 spiro atoms. The molecule has 2 aliphatic heterocycles. The van der Waals surface area contributed by atoms with Crippen molar-refractivity contribution in [3.05, 3.63) is 65.1 Å². The summed E-state index contributed by atoms with van der Waals surface area (Å²) in [4.78, 5) is 22.2. The normalized spacial score (nSPS) is 19.6. The number of ether oxygens (including phenoxy) is 1. The molecule has 2 aliphatic rings. The highest BCUT2D eigenvalue weighted by molar-refractivity contribution is 5.98. The van der Waals surface area contributed by atoms with Gasteiger partial charge in [0.25, 0.3) is 5.91 Å². The van der Waals surface area contributed by atoms with E-state index in [1.165, 1.54) is 6.07 Å². The van der Waals surface area contributed by atoms with Gasteiger partial charge in [0.2, 0.25) is 5.95 Å². The molecule has 0 bridgehead atoms. The molecule has 7 nitrogen and oxygen atoms in total. The van der Waals surface area contributed by atoms with Gasteiger partial charge in [-0.1, -0.05) is 12.1 Å². The summed E-state index contributed by atoms with van der Waals surface area (Å²) in [5.41, 5.74) is -0.156. The van der Waals surface area contributed by atoms with Gasteiger partial charge in [0, 0.05) is 42.4 Å². The third-order valence-corrected chi connectivity index (χ3v) is 6.84. The number of hydrogen-bond donors (Lipinski definition) is 3. The fourth-order valence-corrected chi connectivity index (χ4v) is 4.85. The smallest absolute Gasteiger partial charge is 0.381 e. The molecule has 2 fully saturated rings. The largest absolute Gasteiger partial charge is 0.419 e. The molecular formula is C26H27F4N5O2. The van der Waals surface area contributed by atoms with E-state index in [4.69, 9.17) is 4.74 Å². The minimum atomic E-state index is -4.79. The molecule has 1 amide bonds. The van der Waals surface area contributed by atoms with E-state index < -0.39 is 29.5 Å². The third kappa shape index (κ3) is 5.83. The van der Waals surface area contributed by atoms with Gasteiger partial charge in [-0.25, -0.2) is 14.4 Å². The lowest BCUT2D eigenvalue weighted by Crippen LogP contribution is -2.41. The molecule has 3 N–H and O–H groups in total. The number of amides is 1. The van der Waals surface area contributed by atoms with Crippen LogP contribution in [0.15, 0.2) is 42.6 Å². The van der Waals surface area contributed by atoms with Crippen LogP contribution in [0.2, 0.25) is 0 Å². The average Bonchev–Trinajstić information content (AvgIpc) is 3.41. The van der Waals surface area contributed by atoms with Crippen molar-refractivity contribution in [2.75, 3.05) is 25.1 Å². The summed E-state index contributed by atoms with van der Waals surface area (Å²) in [5, 5.41) is 10.2. The quantitative estimate of drug-likeness (QED) is 0.415. The van der Waals surface area contributed by atoms with Crippen LogP contribution in [0.5, 0.6) is 0 Å². The van der Waals surface area contributed by atoms with Crippen molar-refractivity contribution in [2.24, 2.45) is 0 Å². The molecule has 0 unspecified atom stereocenters. The molecule has 11 heteroatoms. The Morgan fingerprint density at radius 1 is 1.11 bits per heavy atom. The Morgan fingerprint density at radius 3 is 2.62 bits per heavy atom. The predicted molar refractivity (Wildman–Crippen MR) is 130 cm³/mol. The Balaban J connectivity index is 1.38. The number of anilines is 1. The maximum absolute atomic E-state index is 14.4. The van der Waals surface area contributed by atoms with E-state index >= 15 is 0 Å². The number of halogens is 4. The molecule has 0 saturated carbocycles. The molecule has 37 heavy (non-hydrogen) atoms. The highest BCUT2D eigenvalue weighted by Gasteiger charge is 2.35. The molecule has 5 rings (SSSR count). The van der Waals surface area contributed by atoms with E-state index in [2.05, 4.69) is 25.9 Å². The summed E-state index contributed by atoms with van der Waals surface area (Å²) in [5.74, 6) is -1.34. The second-order valence-corrected chi connectivity index (χ2v) is 9.39. The second kappa shape index (κ2) is 10.6. The van der Waals surface area contributed by atoms with E-state index in [0.29, 0.717) is 43.2 Å². The number of carbonyl (C=O) groups is 1. The van der Waals surface area contributed by atoms with E-state index in [9.17, 15) is 22.4 Å². The number of aromatic nitrogens is 2. The van der Waals surface area contributed by atoms with Crippen molar-refractivity contribution >= 4 is 22.8 Å². The van der Waals surface area contributed by atoms with Crippen LogP contribution in [0.1, 0.15) is 53.2 Å². The van der Waals surface area contributed by atoms with Gasteiger partial charge in [-0.15, -0.1) is 0 Å². The van der Waals surface area contributed by atoms with Crippen LogP contribution in [0, 0.1) is 5.82 Å². The van der Waals surface area contributed by atoms with Crippen LogP contribution in [-0.4, -0.2) is 47.7 Å². The van der Waals surface area contributed by atoms with Crippen molar-refractivity contribution in [2.45, 2.75) is 50.0 Å². The number of carbonyl (C=O) groups excluding carboxylic acids is 1. The maximum Gasteiger partial charge on any atom is 0.419 e. The number of benzene rings is 2. The van der Waals surface area contributed by atoms with Crippen molar-refractivity contribution in [3.63, 3.8) is 0 Å². The van der Waals surface area contributed by atoms with Gasteiger partial charge < -0.3 is 20.7 Å². The lowest BCUT2D eigenvalue weighted by molar-refractivity contribution is -0.140. The summed E-state index contributed by atoms with van der Waals surface area (Å²) >= 11 is 0. The first-order valence-electron chi connectivity index (χ1n) is 12.3. The Kier molecular flexibility index (Phi) is 7.25. The molecule has 0 radical (unpaired) electrons. The number of fused-ring (bicyclic) bond motifs is 1. The topological polar surface area (TPSA) is 88.2 Å². The first-order valence-corrected chi connectivity index (χ1v) is 12.3. The number of rotatable bonds is 6. The molecule has 1 aromatic heterocycles. The standard InChI is InChI=1S/C26H27F4N5O2/c27-20-12-15(5-6-19(20)26(28,29)30)23(21-2-1-9-31-21)35-24(36)16-3-4-17-14-32-25(34-22(17)13-16)33-18-7-10-37-11-8-18/h3-6,12-14,18,21,23,31H,1-2,7-11H2,(H,35,36)(H,32,33,34)/t21-,23+/m0/s1. The van der Waals surface area contributed by atoms with E-state index in [0.717, 1.165) is 36.8 Å². The summed E-state index contributed by atoms with van der Waals surface area (Å²) in [6, 6.07) is 7.08. The van der Waals surface area contributed by atoms with Crippen molar-refractivity contribution < 1.29 is 27.1 Å². The van der Waals surface area contributed by atoms with E-state index in [1.54, 1.807) is 24.4 Å². The Labute approximate surface area is 211 Å². The average molecular weight is 518 g/mol. The van der Waals surface area contributed by atoms with Crippen LogP contribution in [0.3, 0.4) is 0 Å². The number of hydrogen-bond acceptors (Lipinski definition) is 6. The second-order valence-electron chi connectivity index (χ2n) is 9.39. The van der Waals surface area contributed by atoms with Gasteiger partial charge in [0.15, 0.2) is 0 Å². The Morgan fingerprint density at radius 2 is 1.92 bits per heavy atom. The fraction of sp³-hybridized carbons (Fsp3) is 0.423. The molecule has 2 saturated heterocycles. The number of nitrogens with zero attached hydrogens (tertiary/aromatic N) is 2. The molecule has 2 atom stereocenters. The van der Waals surface area contributed by atoms with E-state index in [-0.39, 0.29) is 17.6 Å². The van der Waals surface area contributed by atoms with Crippen molar-refractivity contribution in [3.8, 4) is 0 Å². The third-order valence-electron chi connectivity index (χ3n) is 6.84. The van der Waals surface area contributed by atoms with Gasteiger partial charge >= 0.3 is 6.18 Å². The Hall–Kier alpha value is -3.31. The van der Waals surface area contributed by atoms with Gasteiger partial charge in [0.05, 0.1) is 17.1 Å². The lowest BCUT2D eigenvalue weighted by Gasteiger charge is -2.26. The monoisotopic (exact) mass is 517 g/mol. The minimum absolute atomic E-state index is 0.210. The number of nitrogens with one attached hydrogen (secondary N) is 3. The van der Waals surface area contributed by atoms with Crippen LogP contribution < -0.4 is 16.0 Å². The summed E-state index contributed by atoms with van der Waals surface area (Å²) in [6.45, 7) is 2.06. The van der Waals surface area contributed by atoms with Gasteiger partial charge in [-0.05, 0) is 62.1 Å². The zero-order valence-corrected chi connectivity index (χ0v) is 19.9. The molecule has 2 aromatic carbocycles. The predicted octanol–water partition coefficient (Wildman–Crippen LogP) is 4.60.